The van der Waals surface area contributed by atoms with Gasteiger partial charge in [-0.05, 0) is 30.7 Å². The van der Waals surface area contributed by atoms with Crippen molar-refractivity contribution < 1.29 is 9.59 Å². The van der Waals surface area contributed by atoms with E-state index < -0.39 is 6.03 Å². The minimum absolute atomic E-state index is 0.0943. The second kappa shape index (κ2) is 6.24. The molecule has 0 bridgehead atoms. The number of nitrogens with two attached hydrogens (primary N) is 1. The van der Waals surface area contributed by atoms with Crippen molar-refractivity contribution in [3.05, 3.63) is 24.3 Å². The predicted octanol–water partition coefficient (Wildman–Crippen LogP) is 2.29. The Morgan fingerprint density at radius 2 is 1.71 bits per heavy atom. The molecule has 1 aromatic rings. The van der Waals surface area contributed by atoms with Gasteiger partial charge in [0.15, 0.2) is 0 Å². The number of carbonyl (C=O) groups excluding carboxylic acids is 2. The van der Waals surface area contributed by atoms with Crippen molar-refractivity contribution in [2.24, 2.45) is 5.73 Å². The first-order valence-electron chi connectivity index (χ1n) is 5.14. The molecule has 0 aliphatic rings. The molecule has 4 N–H and O–H groups in total. The summed E-state index contributed by atoms with van der Waals surface area (Å²) in [4.78, 5) is 22.0. The van der Waals surface area contributed by atoms with Crippen LogP contribution in [0.1, 0.15) is 13.3 Å². The molecule has 1 rings (SSSR count). The largest absolute Gasteiger partial charge is 0.351 e. The lowest BCUT2D eigenvalue weighted by molar-refractivity contribution is -0.115. The lowest BCUT2D eigenvalue weighted by Gasteiger charge is -2.09. The van der Waals surface area contributed by atoms with Crippen LogP contribution in [0, 0.1) is 0 Å². The summed E-state index contributed by atoms with van der Waals surface area (Å²) in [7, 11) is 0. The van der Waals surface area contributed by atoms with Crippen LogP contribution in [0.4, 0.5) is 16.2 Å². The summed E-state index contributed by atoms with van der Waals surface area (Å²) in [5, 5.41) is 5.18. The summed E-state index contributed by atoms with van der Waals surface area (Å²) in [5.41, 5.74) is 6.23. The van der Waals surface area contributed by atoms with Gasteiger partial charge < -0.3 is 16.4 Å². The zero-order valence-electron chi connectivity index (χ0n) is 9.37. The number of hydrogen-bond acceptors (Lipinski definition) is 2. The fraction of sp³-hybridized carbons (Fsp3) is 0.273. The fourth-order valence-electron chi connectivity index (χ4n) is 1.19. The van der Waals surface area contributed by atoms with Crippen molar-refractivity contribution in [3.63, 3.8) is 0 Å². The maximum atomic E-state index is 11.6. The molecular weight excluding hydrogens is 286 g/mol. The lowest BCUT2D eigenvalue weighted by atomic mass is 10.2. The average Bonchev–Trinajstić information content (AvgIpc) is 2.30. The van der Waals surface area contributed by atoms with Crippen molar-refractivity contribution in [1.29, 1.82) is 0 Å². The molecule has 6 heteroatoms. The number of hydrogen-bond donors (Lipinski definition) is 3. The summed E-state index contributed by atoms with van der Waals surface area (Å²) in [5.74, 6) is -0.0943. The van der Waals surface area contributed by atoms with Gasteiger partial charge in [0, 0.05) is 11.4 Å². The molecule has 5 nitrogen and oxygen atoms in total. The average molecular weight is 300 g/mol. The number of anilines is 2. The van der Waals surface area contributed by atoms with E-state index in [1.807, 2.05) is 6.92 Å². The molecule has 92 valence electrons. The van der Waals surface area contributed by atoms with Gasteiger partial charge in [-0.1, -0.05) is 22.9 Å². The standard InChI is InChI=1S/C11H14BrN3O2/c1-2-9(12)10(16)14-7-3-5-8(6-4-7)15-11(13)17/h3-6,9H,2H2,1H3,(H,14,16)(H3,13,15,17). The van der Waals surface area contributed by atoms with E-state index in [2.05, 4.69) is 26.6 Å². The van der Waals surface area contributed by atoms with Crippen LogP contribution < -0.4 is 16.4 Å². The van der Waals surface area contributed by atoms with Gasteiger partial charge in [-0.3, -0.25) is 4.79 Å². The van der Waals surface area contributed by atoms with Crippen molar-refractivity contribution in [2.75, 3.05) is 10.6 Å². The van der Waals surface area contributed by atoms with Crippen LogP contribution in [-0.2, 0) is 4.79 Å². The van der Waals surface area contributed by atoms with E-state index >= 15 is 0 Å². The number of benzene rings is 1. The number of nitrogens with one attached hydrogen (secondary N) is 2. The summed E-state index contributed by atoms with van der Waals surface area (Å²) in [6.07, 6.45) is 0.715. The Hall–Kier alpha value is -1.56. The molecule has 0 heterocycles. The molecule has 0 radical (unpaired) electrons. The highest BCUT2D eigenvalue weighted by atomic mass is 79.9. The van der Waals surface area contributed by atoms with Crippen molar-refractivity contribution in [1.82, 2.24) is 0 Å². The highest BCUT2D eigenvalue weighted by Gasteiger charge is 2.11. The molecule has 0 aliphatic heterocycles. The number of amides is 3. The Labute approximate surface area is 108 Å². The predicted molar refractivity (Wildman–Crippen MR) is 71.3 cm³/mol. The minimum Gasteiger partial charge on any atom is -0.351 e. The Balaban J connectivity index is 2.62. The van der Waals surface area contributed by atoms with Crippen molar-refractivity contribution in [3.8, 4) is 0 Å². The molecular formula is C11H14BrN3O2. The Morgan fingerprint density at radius 3 is 2.12 bits per heavy atom. The summed E-state index contributed by atoms with van der Waals surface area (Å²) < 4.78 is 0. The van der Waals surface area contributed by atoms with Crippen LogP contribution >= 0.6 is 15.9 Å². The van der Waals surface area contributed by atoms with Crippen molar-refractivity contribution >= 4 is 39.2 Å². The highest BCUT2D eigenvalue weighted by molar-refractivity contribution is 9.10. The SMILES string of the molecule is CCC(Br)C(=O)Nc1ccc(NC(N)=O)cc1. The van der Waals surface area contributed by atoms with E-state index in [0.717, 1.165) is 0 Å². The lowest BCUT2D eigenvalue weighted by Crippen LogP contribution is -2.22. The van der Waals surface area contributed by atoms with E-state index in [0.29, 0.717) is 17.8 Å². The van der Waals surface area contributed by atoms with Crippen LogP contribution in [0.3, 0.4) is 0 Å². The minimum atomic E-state index is -0.617. The Bertz CT molecular complexity index is 406. The normalized spacial score (nSPS) is 11.6. The molecule has 0 aliphatic carbocycles. The van der Waals surface area contributed by atoms with Gasteiger partial charge in [-0.2, -0.15) is 0 Å². The van der Waals surface area contributed by atoms with Crippen molar-refractivity contribution in [2.45, 2.75) is 18.2 Å². The van der Waals surface area contributed by atoms with E-state index in [9.17, 15) is 9.59 Å². The Kier molecular flexibility index (Phi) is 4.96. The molecule has 1 aromatic carbocycles. The molecule has 1 unspecified atom stereocenters. The number of primary amides is 1. The first kappa shape index (κ1) is 13.5. The van der Waals surface area contributed by atoms with Gasteiger partial charge in [0.1, 0.15) is 0 Å². The molecule has 0 spiro atoms. The van der Waals surface area contributed by atoms with Gasteiger partial charge in [0.25, 0.3) is 0 Å². The number of rotatable bonds is 4. The number of halogens is 1. The molecule has 1 atom stereocenters. The highest BCUT2D eigenvalue weighted by Crippen LogP contribution is 2.15. The smallest absolute Gasteiger partial charge is 0.316 e. The first-order chi connectivity index (χ1) is 8.02. The van der Waals surface area contributed by atoms with E-state index in [4.69, 9.17) is 5.73 Å². The van der Waals surface area contributed by atoms with Gasteiger partial charge in [0.2, 0.25) is 5.91 Å². The van der Waals surface area contributed by atoms with E-state index in [1.54, 1.807) is 24.3 Å². The second-order valence-electron chi connectivity index (χ2n) is 3.43. The summed E-state index contributed by atoms with van der Waals surface area (Å²) in [6, 6.07) is 6.09. The Morgan fingerprint density at radius 1 is 1.24 bits per heavy atom. The first-order valence-corrected chi connectivity index (χ1v) is 6.06. The van der Waals surface area contributed by atoms with Crippen LogP contribution in [0.25, 0.3) is 0 Å². The molecule has 3 amide bonds. The zero-order chi connectivity index (χ0) is 12.8. The fourth-order valence-corrected chi connectivity index (χ4v) is 1.30. The van der Waals surface area contributed by atoms with Gasteiger partial charge in [-0.25, -0.2) is 4.79 Å². The van der Waals surface area contributed by atoms with Crippen LogP contribution in [0.15, 0.2) is 24.3 Å². The third-order valence-corrected chi connectivity index (χ3v) is 3.13. The second-order valence-corrected chi connectivity index (χ2v) is 4.54. The molecule has 0 aromatic heterocycles. The van der Waals surface area contributed by atoms with Crippen LogP contribution in [-0.4, -0.2) is 16.8 Å². The molecule has 0 saturated heterocycles. The third-order valence-electron chi connectivity index (χ3n) is 2.06. The number of alkyl halides is 1. The molecule has 17 heavy (non-hydrogen) atoms. The number of carbonyl (C=O) groups is 2. The number of urea groups is 1. The van der Waals surface area contributed by atoms with Crippen LogP contribution in [0.2, 0.25) is 0 Å². The topological polar surface area (TPSA) is 84.2 Å². The zero-order valence-corrected chi connectivity index (χ0v) is 11.0. The van der Waals surface area contributed by atoms with E-state index in [-0.39, 0.29) is 10.7 Å². The quantitative estimate of drug-likeness (QED) is 0.745. The van der Waals surface area contributed by atoms with Gasteiger partial charge in [0.05, 0.1) is 4.83 Å². The van der Waals surface area contributed by atoms with Gasteiger partial charge in [-0.15, -0.1) is 0 Å². The summed E-state index contributed by atoms with van der Waals surface area (Å²) in [6.45, 7) is 1.92. The van der Waals surface area contributed by atoms with Gasteiger partial charge >= 0.3 is 6.03 Å². The summed E-state index contributed by atoms with van der Waals surface area (Å²) >= 11 is 3.26. The third kappa shape index (κ3) is 4.44. The maximum Gasteiger partial charge on any atom is 0.316 e. The van der Waals surface area contributed by atoms with E-state index in [1.165, 1.54) is 0 Å². The molecule has 0 saturated carbocycles. The monoisotopic (exact) mass is 299 g/mol. The maximum absolute atomic E-state index is 11.6. The van der Waals surface area contributed by atoms with Crippen LogP contribution in [0.5, 0.6) is 0 Å². The molecule has 0 fully saturated rings.